The van der Waals surface area contributed by atoms with E-state index in [1.807, 2.05) is 13.0 Å². The zero-order chi connectivity index (χ0) is 26.2. The second-order valence-corrected chi connectivity index (χ2v) is 10.6. The number of aliphatic hydroxyl groups is 1. The number of aliphatic hydroxyl groups excluding tert-OH is 1. The molecule has 2 aliphatic rings. The van der Waals surface area contributed by atoms with E-state index < -0.39 is 6.10 Å². The van der Waals surface area contributed by atoms with E-state index in [1.54, 1.807) is 26.4 Å². The number of phenolic OH excluding ortho intramolecular Hbond substituents is 1. The second-order valence-electron chi connectivity index (χ2n) is 10.6. The van der Waals surface area contributed by atoms with Crippen molar-refractivity contribution in [3.8, 4) is 23.0 Å². The molecule has 0 aromatic heterocycles. The van der Waals surface area contributed by atoms with Crippen LogP contribution in [0, 0.1) is 5.41 Å². The van der Waals surface area contributed by atoms with Gasteiger partial charge in [-0.25, -0.2) is 0 Å². The monoisotopic (exact) mass is 494 g/mol. The number of benzene rings is 2. The number of rotatable bonds is 8. The molecule has 194 valence electrons. The Morgan fingerprint density at radius 2 is 1.83 bits per heavy atom. The first kappa shape index (κ1) is 26.1. The molecule has 0 bridgehead atoms. The Labute approximate surface area is 213 Å². The highest BCUT2D eigenvalue weighted by atomic mass is 16.5. The lowest BCUT2D eigenvalue weighted by Gasteiger charge is -2.40. The molecule has 2 aliphatic carbocycles. The third kappa shape index (κ3) is 4.47. The Morgan fingerprint density at radius 1 is 1.08 bits per heavy atom. The zero-order valence-corrected chi connectivity index (χ0v) is 22.2. The van der Waals surface area contributed by atoms with E-state index >= 15 is 0 Å². The number of hydrogen-bond donors (Lipinski definition) is 2. The van der Waals surface area contributed by atoms with Crippen LogP contribution in [0.15, 0.2) is 35.4 Å². The maximum Gasteiger partial charge on any atom is 0.201 e. The van der Waals surface area contributed by atoms with E-state index in [-0.39, 0.29) is 28.4 Å². The van der Waals surface area contributed by atoms with Crippen LogP contribution in [0.1, 0.15) is 92.8 Å². The van der Waals surface area contributed by atoms with Crippen molar-refractivity contribution in [2.75, 3.05) is 20.8 Å². The molecule has 36 heavy (non-hydrogen) atoms. The van der Waals surface area contributed by atoms with Crippen molar-refractivity contribution in [3.05, 3.63) is 57.7 Å². The molecule has 0 saturated heterocycles. The van der Waals surface area contributed by atoms with Crippen LogP contribution < -0.4 is 14.2 Å². The van der Waals surface area contributed by atoms with Gasteiger partial charge in [0.05, 0.1) is 38.1 Å². The minimum absolute atomic E-state index is 0.0737. The van der Waals surface area contributed by atoms with Crippen LogP contribution in [0.3, 0.4) is 0 Å². The van der Waals surface area contributed by atoms with E-state index in [0.717, 1.165) is 36.8 Å². The van der Waals surface area contributed by atoms with Crippen LogP contribution in [0.4, 0.5) is 0 Å². The fourth-order valence-corrected chi connectivity index (χ4v) is 5.77. The van der Waals surface area contributed by atoms with Crippen LogP contribution in [0.5, 0.6) is 23.0 Å². The average Bonchev–Trinajstić information content (AvgIpc) is 2.85. The first-order valence-corrected chi connectivity index (χ1v) is 12.8. The summed E-state index contributed by atoms with van der Waals surface area (Å²) in [5.74, 6) is 0.970. The fraction of sp³-hybridized carbons (Fsp3) is 0.500. The molecule has 2 aromatic rings. The molecule has 0 saturated carbocycles. The molecule has 2 N–H and O–H groups in total. The van der Waals surface area contributed by atoms with Gasteiger partial charge < -0.3 is 24.4 Å². The van der Waals surface area contributed by atoms with Crippen LogP contribution >= 0.6 is 0 Å². The molecule has 6 nitrogen and oxygen atoms in total. The van der Waals surface area contributed by atoms with E-state index in [4.69, 9.17) is 14.2 Å². The molecule has 0 amide bonds. The van der Waals surface area contributed by atoms with Crippen LogP contribution in [-0.2, 0) is 0 Å². The number of aromatic hydroxyl groups is 1. The van der Waals surface area contributed by atoms with Crippen LogP contribution in [0.25, 0.3) is 0 Å². The first-order valence-electron chi connectivity index (χ1n) is 12.8. The fourth-order valence-electron chi connectivity index (χ4n) is 5.77. The molecule has 0 spiro atoms. The summed E-state index contributed by atoms with van der Waals surface area (Å²) in [7, 11) is 3.18. The van der Waals surface area contributed by atoms with Gasteiger partial charge in [-0.05, 0) is 67.4 Å². The summed E-state index contributed by atoms with van der Waals surface area (Å²) in [5, 5.41) is 21.6. The van der Waals surface area contributed by atoms with Crippen molar-refractivity contribution in [3.63, 3.8) is 0 Å². The molecule has 6 heteroatoms. The lowest BCUT2D eigenvalue weighted by Crippen LogP contribution is -2.30. The molecule has 0 unspecified atom stereocenters. The second kappa shape index (κ2) is 10.2. The third-order valence-electron chi connectivity index (χ3n) is 7.92. The minimum Gasteiger partial charge on any atom is -0.507 e. The number of allylic oxidation sites excluding steroid dienone is 1. The predicted molar refractivity (Wildman–Crippen MR) is 140 cm³/mol. The minimum atomic E-state index is -0.485. The number of unbranched alkanes of at least 4 members (excludes halogenated alkanes) is 1. The SMILES string of the molecule is CCCCOc1cc(OC)cc2c1C(=O)c1c(O)ccc(OC)c1[C@H]2CC1=C(C)[C@H](O)CCC1(C)C. The van der Waals surface area contributed by atoms with Gasteiger partial charge >= 0.3 is 0 Å². The van der Waals surface area contributed by atoms with Crippen LogP contribution in [0.2, 0.25) is 0 Å². The lowest BCUT2D eigenvalue weighted by atomic mass is 9.65. The highest BCUT2D eigenvalue weighted by molar-refractivity contribution is 6.16. The van der Waals surface area contributed by atoms with Gasteiger partial charge in [0.25, 0.3) is 0 Å². The number of fused-ring (bicyclic) bond motifs is 2. The van der Waals surface area contributed by atoms with Crippen molar-refractivity contribution in [1.29, 1.82) is 0 Å². The third-order valence-corrected chi connectivity index (χ3v) is 7.92. The molecular weight excluding hydrogens is 456 g/mol. The van der Waals surface area contributed by atoms with Crippen molar-refractivity contribution >= 4 is 5.78 Å². The van der Waals surface area contributed by atoms with Crippen molar-refractivity contribution < 1.29 is 29.2 Å². The molecular formula is C30H38O6. The van der Waals surface area contributed by atoms with E-state index in [0.29, 0.717) is 41.4 Å². The Balaban J connectivity index is 1.99. The van der Waals surface area contributed by atoms with Crippen LogP contribution in [-0.4, -0.2) is 42.9 Å². The highest BCUT2D eigenvalue weighted by Crippen LogP contribution is 2.53. The highest BCUT2D eigenvalue weighted by Gasteiger charge is 2.41. The summed E-state index contributed by atoms with van der Waals surface area (Å²) >= 11 is 0. The summed E-state index contributed by atoms with van der Waals surface area (Å²) in [4.78, 5) is 13.9. The summed E-state index contributed by atoms with van der Waals surface area (Å²) in [6.45, 7) is 8.98. The standard InChI is InChI=1S/C30H38O6/c1-7-8-13-36-25-15-18(34-5)14-19-20(16-21-17(2)22(31)11-12-30(21,3)4)26-24(35-6)10-9-23(32)28(26)29(33)27(19)25/h9-10,14-15,20,22,31-32H,7-8,11-13,16H2,1-6H3/t20-,22+/m0/s1. The summed E-state index contributed by atoms with van der Waals surface area (Å²) < 4.78 is 17.5. The number of carbonyl (C=O) groups is 1. The molecule has 0 fully saturated rings. The quantitative estimate of drug-likeness (QED) is 0.338. The van der Waals surface area contributed by atoms with Crippen molar-refractivity contribution in [2.24, 2.45) is 5.41 Å². The first-order chi connectivity index (χ1) is 17.1. The summed E-state index contributed by atoms with van der Waals surface area (Å²) in [6, 6.07) is 6.88. The topological polar surface area (TPSA) is 85.2 Å². The van der Waals surface area contributed by atoms with E-state index in [9.17, 15) is 15.0 Å². The van der Waals surface area contributed by atoms with Gasteiger partial charge in [0, 0.05) is 17.5 Å². The maximum absolute atomic E-state index is 13.9. The smallest absolute Gasteiger partial charge is 0.201 e. The van der Waals surface area contributed by atoms with Gasteiger partial charge in [-0.1, -0.05) is 32.8 Å². The molecule has 2 aromatic carbocycles. The Hall–Kier alpha value is -2.99. The zero-order valence-electron chi connectivity index (χ0n) is 22.2. The number of carbonyl (C=O) groups excluding carboxylic acids is 1. The van der Waals surface area contributed by atoms with Gasteiger partial charge in [-0.2, -0.15) is 0 Å². The van der Waals surface area contributed by atoms with Gasteiger partial charge in [-0.3, -0.25) is 4.79 Å². The van der Waals surface area contributed by atoms with E-state index in [2.05, 4.69) is 20.8 Å². The van der Waals surface area contributed by atoms with Crippen molar-refractivity contribution in [2.45, 2.75) is 71.8 Å². The number of methoxy groups -OCH3 is 2. The maximum atomic E-state index is 13.9. The van der Waals surface area contributed by atoms with E-state index in [1.165, 1.54) is 11.6 Å². The molecule has 0 aliphatic heterocycles. The largest absolute Gasteiger partial charge is 0.507 e. The normalized spacial score (nSPS) is 20.6. The Morgan fingerprint density at radius 3 is 2.50 bits per heavy atom. The number of hydrogen-bond acceptors (Lipinski definition) is 6. The average molecular weight is 495 g/mol. The molecule has 0 heterocycles. The summed E-state index contributed by atoms with van der Waals surface area (Å²) in [5.41, 5.74) is 4.20. The van der Waals surface area contributed by atoms with Gasteiger partial charge in [0.15, 0.2) is 0 Å². The predicted octanol–water partition coefficient (Wildman–Crippen LogP) is 6.15. The number of ketones is 1. The molecule has 2 atom stereocenters. The van der Waals surface area contributed by atoms with Gasteiger partial charge in [0.1, 0.15) is 23.0 Å². The number of phenols is 1. The Bertz CT molecular complexity index is 1190. The number of ether oxygens (including phenoxy) is 3. The van der Waals surface area contributed by atoms with Gasteiger partial charge in [0.2, 0.25) is 5.78 Å². The Kier molecular flexibility index (Phi) is 7.37. The van der Waals surface area contributed by atoms with Gasteiger partial charge in [-0.15, -0.1) is 0 Å². The summed E-state index contributed by atoms with van der Waals surface area (Å²) in [6.07, 6.45) is 3.51. The molecule has 4 rings (SSSR count). The van der Waals surface area contributed by atoms with Crippen molar-refractivity contribution in [1.82, 2.24) is 0 Å². The molecule has 0 radical (unpaired) electrons. The lowest BCUT2D eigenvalue weighted by molar-refractivity contribution is 0.102.